The van der Waals surface area contributed by atoms with Gasteiger partial charge in [0.1, 0.15) is 0 Å². The molecule has 2 nitrogen and oxygen atoms in total. The minimum absolute atomic E-state index is 0.812. The van der Waals surface area contributed by atoms with E-state index in [0.29, 0.717) is 0 Å². The van der Waals surface area contributed by atoms with Crippen LogP contribution < -0.4 is 5.32 Å². The monoisotopic (exact) mass is 185 g/mol. The lowest BCUT2D eigenvalue weighted by Gasteiger charge is -2.27. The molecule has 2 heteroatoms. The first-order chi connectivity index (χ1) is 6.34. The molecule has 2 unspecified atom stereocenters. The molecular weight excluding hydrogens is 162 g/mol. The molecule has 0 aromatic carbocycles. The quantitative estimate of drug-likeness (QED) is 0.662. The van der Waals surface area contributed by atoms with Gasteiger partial charge in [-0.05, 0) is 44.2 Å². The number of nitrogens with one attached hydrogen (secondary N) is 1. The van der Waals surface area contributed by atoms with Crippen LogP contribution in [-0.4, -0.2) is 26.3 Å². The van der Waals surface area contributed by atoms with Gasteiger partial charge in [0, 0.05) is 13.2 Å². The highest BCUT2D eigenvalue weighted by Crippen LogP contribution is 2.23. The Bertz CT molecular complexity index is 121. The second-order valence-electron chi connectivity index (χ2n) is 4.10. The first-order valence-electron chi connectivity index (χ1n) is 5.63. The minimum Gasteiger partial charge on any atom is -0.381 e. The summed E-state index contributed by atoms with van der Waals surface area (Å²) in [6.45, 7) is 8.75. The van der Waals surface area contributed by atoms with E-state index in [1.54, 1.807) is 0 Å². The van der Waals surface area contributed by atoms with Crippen LogP contribution in [0.25, 0.3) is 0 Å². The van der Waals surface area contributed by atoms with Crippen LogP contribution in [-0.2, 0) is 4.74 Å². The van der Waals surface area contributed by atoms with Gasteiger partial charge in [-0.2, -0.15) is 0 Å². The molecule has 0 amide bonds. The van der Waals surface area contributed by atoms with E-state index < -0.39 is 0 Å². The third-order valence-corrected chi connectivity index (χ3v) is 3.03. The van der Waals surface area contributed by atoms with Crippen LogP contribution in [0.5, 0.6) is 0 Å². The van der Waals surface area contributed by atoms with Crippen LogP contribution >= 0.6 is 0 Å². The highest BCUT2D eigenvalue weighted by molar-refractivity contribution is 4.70. The van der Waals surface area contributed by atoms with Crippen molar-refractivity contribution in [1.29, 1.82) is 0 Å². The van der Waals surface area contributed by atoms with E-state index in [0.717, 1.165) is 38.1 Å². The van der Waals surface area contributed by atoms with Crippen LogP contribution in [0.2, 0.25) is 0 Å². The zero-order chi connectivity index (χ0) is 9.52. The van der Waals surface area contributed by atoms with Crippen molar-refractivity contribution in [3.8, 4) is 0 Å². The van der Waals surface area contributed by atoms with Crippen molar-refractivity contribution in [2.75, 3.05) is 26.3 Å². The fourth-order valence-corrected chi connectivity index (χ4v) is 1.96. The van der Waals surface area contributed by atoms with Crippen molar-refractivity contribution >= 4 is 0 Å². The molecule has 0 radical (unpaired) electrons. The van der Waals surface area contributed by atoms with Crippen LogP contribution in [0, 0.1) is 11.8 Å². The molecule has 1 N–H and O–H groups in total. The molecule has 0 aromatic rings. The van der Waals surface area contributed by atoms with E-state index in [2.05, 4.69) is 19.2 Å². The maximum absolute atomic E-state index is 5.49. The Labute approximate surface area is 82.0 Å². The number of ether oxygens (including phenoxy) is 1. The van der Waals surface area contributed by atoms with Gasteiger partial charge in [0.05, 0.1) is 0 Å². The Balaban J connectivity index is 2.09. The van der Waals surface area contributed by atoms with E-state index in [4.69, 9.17) is 4.74 Å². The summed E-state index contributed by atoms with van der Waals surface area (Å²) in [7, 11) is 0. The average molecular weight is 185 g/mol. The second-order valence-corrected chi connectivity index (χ2v) is 4.10. The lowest BCUT2D eigenvalue weighted by atomic mass is 9.87. The lowest BCUT2D eigenvalue weighted by molar-refractivity contribution is 0.0325. The number of hydrogen-bond donors (Lipinski definition) is 1. The Kier molecular flexibility index (Phi) is 5.40. The maximum atomic E-state index is 5.49. The van der Waals surface area contributed by atoms with Gasteiger partial charge in [-0.15, -0.1) is 0 Å². The third-order valence-electron chi connectivity index (χ3n) is 3.03. The third kappa shape index (κ3) is 4.10. The van der Waals surface area contributed by atoms with Crippen molar-refractivity contribution in [2.24, 2.45) is 11.8 Å². The normalized spacial score (nSPS) is 25.8. The van der Waals surface area contributed by atoms with Gasteiger partial charge in [-0.1, -0.05) is 13.8 Å². The molecule has 78 valence electrons. The fourth-order valence-electron chi connectivity index (χ4n) is 1.96. The number of hydrogen-bond acceptors (Lipinski definition) is 2. The molecule has 0 spiro atoms. The summed E-state index contributed by atoms with van der Waals surface area (Å²) in [4.78, 5) is 0. The molecule has 1 saturated heterocycles. The smallest absolute Gasteiger partial charge is 0.0496 e. The SMILES string of the molecule is CCNCCC(C)C1CCCOC1. The van der Waals surface area contributed by atoms with Gasteiger partial charge in [0.15, 0.2) is 0 Å². The Morgan fingerprint density at radius 3 is 3.00 bits per heavy atom. The zero-order valence-electron chi connectivity index (χ0n) is 9.01. The first-order valence-corrected chi connectivity index (χ1v) is 5.63. The minimum atomic E-state index is 0.812. The molecule has 1 aliphatic heterocycles. The first kappa shape index (κ1) is 11.0. The second kappa shape index (κ2) is 6.39. The summed E-state index contributed by atoms with van der Waals surface area (Å²) in [5.41, 5.74) is 0. The summed E-state index contributed by atoms with van der Waals surface area (Å²) >= 11 is 0. The van der Waals surface area contributed by atoms with Gasteiger partial charge in [-0.3, -0.25) is 0 Å². The predicted octanol–water partition coefficient (Wildman–Crippen LogP) is 2.05. The zero-order valence-corrected chi connectivity index (χ0v) is 9.01. The molecule has 0 saturated carbocycles. The average Bonchev–Trinajstić information content (AvgIpc) is 2.19. The molecule has 1 rings (SSSR count). The highest BCUT2D eigenvalue weighted by atomic mass is 16.5. The van der Waals surface area contributed by atoms with Crippen LogP contribution in [0.1, 0.15) is 33.1 Å². The molecule has 13 heavy (non-hydrogen) atoms. The Hall–Kier alpha value is -0.0800. The van der Waals surface area contributed by atoms with E-state index in [1.807, 2.05) is 0 Å². The summed E-state index contributed by atoms with van der Waals surface area (Å²) in [5.74, 6) is 1.63. The van der Waals surface area contributed by atoms with Crippen molar-refractivity contribution in [3.63, 3.8) is 0 Å². The standard InChI is InChI=1S/C11H23NO/c1-3-12-7-6-10(2)11-5-4-8-13-9-11/h10-12H,3-9H2,1-2H3. The van der Waals surface area contributed by atoms with Crippen LogP contribution in [0.15, 0.2) is 0 Å². The maximum Gasteiger partial charge on any atom is 0.0496 e. The van der Waals surface area contributed by atoms with E-state index in [9.17, 15) is 0 Å². The summed E-state index contributed by atoms with van der Waals surface area (Å²) in [6.07, 6.45) is 3.92. The van der Waals surface area contributed by atoms with Gasteiger partial charge < -0.3 is 10.1 Å². The topological polar surface area (TPSA) is 21.3 Å². The van der Waals surface area contributed by atoms with E-state index in [1.165, 1.54) is 19.3 Å². The molecule has 1 fully saturated rings. The summed E-state index contributed by atoms with van der Waals surface area (Å²) in [5, 5.41) is 3.38. The fraction of sp³-hybridized carbons (Fsp3) is 1.00. The van der Waals surface area contributed by atoms with Crippen LogP contribution in [0.4, 0.5) is 0 Å². The molecular formula is C11H23NO. The summed E-state index contributed by atoms with van der Waals surface area (Å²) < 4.78 is 5.49. The molecule has 1 heterocycles. The van der Waals surface area contributed by atoms with Crippen molar-refractivity contribution in [2.45, 2.75) is 33.1 Å². The molecule has 2 atom stereocenters. The predicted molar refractivity (Wildman–Crippen MR) is 55.9 cm³/mol. The van der Waals surface area contributed by atoms with Gasteiger partial charge in [-0.25, -0.2) is 0 Å². The van der Waals surface area contributed by atoms with Gasteiger partial charge in [0.2, 0.25) is 0 Å². The van der Waals surface area contributed by atoms with Crippen molar-refractivity contribution in [1.82, 2.24) is 5.32 Å². The Morgan fingerprint density at radius 2 is 2.38 bits per heavy atom. The molecule has 0 aromatic heterocycles. The van der Waals surface area contributed by atoms with E-state index >= 15 is 0 Å². The van der Waals surface area contributed by atoms with Gasteiger partial charge in [0.25, 0.3) is 0 Å². The molecule has 0 bridgehead atoms. The molecule has 0 aliphatic carbocycles. The Morgan fingerprint density at radius 1 is 1.54 bits per heavy atom. The summed E-state index contributed by atoms with van der Waals surface area (Å²) in [6, 6.07) is 0. The van der Waals surface area contributed by atoms with Crippen LogP contribution in [0.3, 0.4) is 0 Å². The molecule has 1 aliphatic rings. The van der Waals surface area contributed by atoms with Gasteiger partial charge >= 0.3 is 0 Å². The largest absolute Gasteiger partial charge is 0.381 e. The van der Waals surface area contributed by atoms with Crippen molar-refractivity contribution < 1.29 is 4.74 Å². The van der Waals surface area contributed by atoms with E-state index in [-0.39, 0.29) is 0 Å². The highest BCUT2D eigenvalue weighted by Gasteiger charge is 2.19. The lowest BCUT2D eigenvalue weighted by Crippen LogP contribution is -2.26. The van der Waals surface area contributed by atoms with Crippen molar-refractivity contribution in [3.05, 3.63) is 0 Å². The number of rotatable bonds is 5.